The maximum absolute atomic E-state index is 15.6. The van der Waals surface area contributed by atoms with Gasteiger partial charge in [0.25, 0.3) is 5.91 Å². The maximum atomic E-state index is 15.6. The van der Waals surface area contributed by atoms with E-state index >= 15 is 4.39 Å². The van der Waals surface area contributed by atoms with Gasteiger partial charge in [0.15, 0.2) is 5.82 Å². The van der Waals surface area contributed by atoms with E-state index in [0.29, 0.717) is 53.3 Å². The normalized spacial score (nSPS) is 20.7. The number of fused-ring (bicyclic) bond motifs is 1. The lowest BCUT2D eigenvalue weighted by Crippen LogP contribution is -2.37. The van der Waals surface area contributed by atoms with Gasteiger partial charge in [-0.3, -0.25) is 4.79 Å². The fourth-order valence-electron chi connectivity index (χ4n) is 5.39. The standard InChI is InChI=1S/C27H33FN4O3/c1-17-20(13-16-35-32-17)27(33)31-24(19-7-5-3-2-4-6-8-19)26-29-22-10-9-21(23(28)25(22)30-26)18-11-14-34-15-12-18/h9-11,13,19,24H,2-8,12,14-16H2,1H3,(H,29,30)(H,31,33). The summed E-state index contributed by atoms with van der Waals surface area (Å²) in [4.78, 5) is 26.4. The molecule has 0 radical (unpaired) electrons. The van der Waals surface area contributed by atoms with Gasteiger partial charge in [0, 0.05) is 5.56 Å². The van der Waals surface area contributed by atoms with Crippen molar-refractivity contribution in [2.75, 3.05) is 19.8 Å². The van der Waals surface area contributed by atoms with E-state index in [1.165, 1.54) is 19.3 Å². The molecule has 1 amide bonds. The van der Waals surface area contributed by atoms with Gasteiger partial charge in [-0.2, -0.15) is 0 Å². The van der Waals surface area contributed by atoms with Crippen LogP contribution in [0.3, 0.4) is 0 Å². The van der Waals surface area contributed by atoms with E-state index in [2.05, 4.69) is 15.5 Å². The predicted octanol–water partition coefficient (Wildman–Crippen LogP) is 5.36. The number of carbonyl (C=O) groups is 1. The summed E-state index contributed by atoms with van der Waals surface area (Å²) in [6, 6.07) is 3.36. The Labute approximate surface area is 204 Å². The van der Waals surface area contributed by atoms with Crippen molar-refractivity contribution in [3.63, 3.8) is 0 Å². The zero-order valence-corrected chi connectivity index (χ0v) is 20.2. The molecule has 186 valence electrons. The number of aromatic amines is 1. The number of oxime groups is 1. The van der Waals surface area contributed by atoms with Crippen LogP contribution >= 0.6 is 0 Å². The molecule has 2 aliphatic heterocycles. The molecule has 1 aromatic carbocycles. The average Bonchev–Trinajstić information content (AvgIpc) is 3.29. The molecule has 1 aromatic heterocycles. The molecule has 7 nitrogen and oxygen atoms in total. The number of nitrogens with one attached hydrogen (secondary N) is 2. The molecule has 3 aliphatic rings. The van der Waals surface area contributed by atoms with E-state index < -0.39 is 0 Å². The molecular formula is C27H33FN4O3. The van der Waals surface area contributed by atoms with Gasteiger partial charge in [-0.15, -0.1) is 0 Å². The smallest absolute Gasteiger partial charge is 0.253 e. The third-order valence-corrected chi connectivity index (χ3v) is 7.32. The van der Waals surface area contributed by atoms with Gasteiger partial charge >= 0.3 is 0 Å². The number of H-pyrrole nitrogens is 1. The molecule has 0 spiro atoms. The average molecular weight is 481 g/mol. The van der Waals surface area contributed by atoms with Crippen LogP contribution in [0.25, 0.3) is 16.6 Å². The SMILES string of the molecule is CC1=NOCC=C1C(=O)NC(c1nc2c(F)c(C3=CCOCC3)ccc2[nH]1)C1CCCCCCC1. The summed E-state index contributed by atoms with van der Waals surface area (Å²) >= 11 is 0. The number of amides is 1. The largest absolute Gasteiger partial charge is 0.391 e. The number of hydrogen-bond acceptors (Lipinski definition) is 5. The number of imidazole rings is 1. The van der Waals surface area contributed by atoms with Gasteiger partial charge in [0.1, 0.15) is 17.9 Å². The lowest BCUT2D eigenvalue weighted by Gasteiger charge is -2.28. The Morgan fingerprint density at radius 1 is 1.14 bits per heavy atom. The Morgan fingerprint density at radius 2 is 1.94 bits per heavy atom. The number of halogens is 1. The Morgan fingerprint density at radius 3 is 2.69 bits per heavy atom. The lowest BCUT2D eigenvalue weighted by molar-refractivity contribution is -0.118. The summed E-state index contributed by atoms with van der Waals surface area (Å²) in [5.41, 5.74) is 3.55. The molecule has 1 fully saturated rings. The van der Waals surface area contributed by atoms with Gasteiger partial charge in [0.2, 0.25) is 0 Å². The van der Waals surface area contributed by atoms with Gasteiger partial charge in [0.05, 0.1) is 36.1 Å². The Hall–Kier alpha value is -3.00. The van der Waals surface area contributed by atoms with Crippen LogP contribution in [-0.2, 0) is 14.4 Å². The van der Waals surface area contributed by atoms with Crippen molar-refractivity contribution in [1.29, 1.82) is 0 Å². The van der Waals surface area contributed by atoms with Crippen LogP contribution in [0, 0.1) is 11.7 Å². The van der Waals surface area contributed by atoms with E-state index in [-0.39, 0.29) is 30.3 Å². The number of hydrogen-bond donors (Lipinski definition) is 2. The number of ether oxygens (including phenoxy) is 1. The highest BCUT2D eigenvalue weighted by Crippen LogP contribution is 2.35. The summed E-state index contributed by atoms with van der Waals surface area (Å²) in [5, 5.41) is 7.18. The van der Waals surface area contributed by atoms with Gasteiger partial charge in [-0.25, -0.2) is 9.37 Å². The van der Waals surface area contributed by atoms with Crippen molar-refractivity contribution in [3.8, 4) is 0 Å². The van der Waals surface area contributed by atoms with Crippen molar-refractivity contribution >= 4 is 28.2 Å². The summed E-state index contributed by atoms with van der Waals surface area (Å²) in [6.45, 7) is 3.12. The number of rotatable bonds is 5. The lowest BCUT2D eigenvalue weighted by atomic mass is 9.85. The molecule has 1 atom stereocenters. The first-order chi connectivity index (χ1) is 17.1. The summed E-state index contributed by atoms with van der Waals surface area (Å²) < 4.78 is 21.0. The van der Waals surface area contributed by atoms with E-state index in [1.54, 1.807) is 13.0 Å². The highest BCUT2D eigenvalue weighted by Gasteiger charge is 2.30. The van der Waals surface area contributed by atoms with E-state index in [9.17, 15) is 4.79 Å². The molecule has 35 heavy (non-hydrogen) atoms. The minimum Gasteiger partial charge on any atom is -0.391 e. The highest BCUT2D eigenvalue weighted by atomic mass is 19.1. The molecule has 1 saturated carbocycles. The van der Waals surface area contributed by atoms with Crippen molar-refractivity contribution in [2.45, 2.75) is 64.3 Å². The maximum Gasteiger partial charge on any atom is 0.253 e. The van der Waals surface area contributed by atoms with Crippen LogP contribution in [0.1, 0.15) is 75.7 Å². The molecular weight excluding hydrogens is 447 g/mol. The highest BCUT2D eigenvalue weighted by molar-refractivity contribution is 6.20. The molecule has 0 saturated heterocycles. The van der Waals surface area contributed by atoms with Crippen molar-refractivity contribution < 1.29 is 18.8 Å². The monoisotopic (exact) mass is 480 g/mol. The fourth-order valence-corrected chi connectivity index (χ4v) is 5.39. The van der Waals surface area contributed by atoms with Crippen molar-refractivity contribution in [2.24, 2.45) is 11.1 Å². The molecule has 5 rings (SSSR count). The second-order valence-corrected chi connectivity index (χ2v) is 9.65. The first-order valence-corrected chi connectivity index (χ1v) is 12.7. The predicted molar refractivity (Wildman–Crippen MR) is 133 cm³/mol. The number of benzene rings is 1. The van der Waals surface area contributed by atoms with Crippen LogP contribution in [0.4, 0.5) is 4.39 Å². The Balaban J connectivity index is 1.49. The Bertz CT molecular complexity index is 1170. The van der Waals surface area contributed by atoms with E-state index in [4.69, 9.17) is 14.6 Å². The van der Waals surface area contributed by atoms with Crippen molar-refractivity contribution in [3.05, 3.63) is 47.1 Å². The van der Waals surface area contributed by atoms with Gasteiger partial charge in [-0.1, -0.05) is 43.3 Å². The second-order valence-electron chi connectivity index (χ2n) is 9.65. The molecule has 2 N–H and O–H groups in total. The van der Waals surface area contributed by atoms with E-state index in [1.807, 2.05) is 18.2 Å². The molecule has 3 heterocycles. The number of carbonyl (C=O) groups excluding carboxylic acids is 1. The summed E-state index contributed by atoms with van der Waals surface area (Å²) in [6.07, 6.45) is 12.2. The topological polar surface area (TPSA) is 88.6 Å². The minimum absolute atomic E-state index is 0.199. The molecule has 1 aliphatic carbocycles. The zero-order chi connectivity index (χ0) is 24.2. The van der Waals surface area contributed by atoms with Crippen LogP contribution < -0.4 is 5.32 Å². The van der Waals surface area contributed by atoms with Crippen LogP contribution in [0.2, 0.25) is 0 Å². The Kier molecular flexibility index (Phi) is 7.27. The van der Waals surface area contributed by atoms with Crippen molar-refractivity contribution in [1.82, 2.24) is 15.3 Å². The summed E-state index contributed by atoms with van der Waals surface area (Å²) in [5.74, 6) is 0.308. The van der Waals surface area contributed by atoms with Crippen LogP contribution in [0.15, 0.2) is 35.0 Å². The van der Waals surface area contributed by atoms with Gasteiger partial charge in [-0.05, 0) is 55.9 Å². The molecule has 8 heteroatoms. The molecule has 0 bridgehead atoms. The fraction of sp³-hybridized carbons (Fsp3) is 0.519. The van der Waals surface area contributed by atoms with Crippen LogP contribution in [-0.4, -0.2) is 41.4 Å². The summed E-state index contributed by atoms with van der Waals surface area (Å²) in [7, 11) is 0. The number of nitrogens with zero attached hydrogens (tertiary/aromatic N) is 2. The first kappa shape index (κ1) is 23.7. The van der Waals surface area contributed by atoms with E-state index in [0.717, 1.165) is 31.3 Å². The second kappa shape index (κ2) is 10.7. The first-order valence-electron chi connectivity index (χ1n) is 12.7. The number of aromatic nitrogens is 2. The third kappa shape index (κ3) is 5.17. The van der Waals surface area contributed by atoms with Crippen LogP contribution in [0.5, 0.6) is 0 Å². The van der Waals surface area contributed by atoms with Gasteiger partial charge < -0.3 is 19.9 Å². The third-order valence-electron chi connectivity index (χ3n) is 7.32. The molecule has 2 aromatic rings. The quantitative estimate of drug-likeness (QED) is 0.603. The minimum atomic E-state index is -0.338. The zero-order valence-electron chi connectivity index (χ0n) is 20.2. The molecule has 1 unspecified atom stereocenters.